The lowest BCUT2D eigenvalue weighted by Gasteiger charge is -2.12. The van der Waals surface area contributed by atoms with Crippen molar-refractivity contribution in [3.05, 3.63) is 18.2 Å². The lowest BCUT2D eigenvalue weighted by molar-refractivity contribution is 0.395. The lowest BCUT2D eigenvalue weighted by Crippen LogP contribution is -2.26. The first-order valence-electron chi connectivity index (χ1n) is 6.86. The highest BCUT2D eigenvalue weighted by molar-refractivity contribution is 5.66. The van der Waals surface area contributed by atoms with Crippen LogP contribution in [0, 0.1) is 0 Å². The summed E-state index contributed by atoms with van der Waals surface area (Å²) in [4.78, 5) is 6.63. The van der Waals surface area contributed by atoms with Crippen LogP contribution < -0.4 is 20.1 Å². The molecule has 0 saturated carbocycles. The molecule has 7 nitrogen and oxygen atoms in total. The second-order valence-electron chi connectivity index (χ2n) is 5.05. The van der Waals surface area contributed by atoms with Crippen molar-refractivity contribution in [3.63, 3.8) is 0 Å². The summed E-state index contributed by atoms with van der Waals surface area (Å²) in [5, 5.41) is 7.24. The van der Waals surface area contributed by atoms with Gasteiger partial charge in [0.25, 0.3) is 0 Å². The first-order chi connectivity index (χ1) is 10.2. The van der Waals surface area contributed by atoms with E-state index in [1.165, 1.54) is 0 Å². The van der Waals surface area contributed by atoms with Crippen LogP contribution in [-0.2, 0) is 0 Å². The van der Waals surface area contributed by atoms with Gasteiger partial charge < -0.3 is 20.1 Å². The van der Waals surface area contributed by atoms with Crippen molar-refractivity contribution in [2.45, 2.75) is 12.5 Å². The number of hydrogen-bond donors (Lipinski definition) is 2. The first kappa shape index (κ1) is 13.7. The SMILES string of the molecule is COc1ccc(-c2nc(N3CCC(N)C3)n[nH]2)c(OC)c1. The monoisotopic (exact) mass is 289 g/mol. The molecule has 0 radical (unpaired) electrons. The standard InChI is InChI=1S/C14H19N5O2/c1-20-10-3-4-11(12(7-10)21-2)13-16-14(18-17-13)19-6-5-9(15)8-19/h3-4,7,9H,5-6,8,15H2,1-2H3,(H,16,17,18). The number of nitrogens with one attached hydrogen (secondary N) is 1. The number of hydrogen-bond acceptors (Lipinski definition) is 6. The van der Waals surface area contributed by atoms with Crippen molar-refractivity contribution in [1.29, 1.82) is 0 Å². The third kappa shape index (κ3) is 2.64. The van der Waals surface area contributed by atoms with Crippen LogP contribution in [0.2, 0.25) is 0 Å². The molecular formula is C14H19N5O2. The van der Waals surface area contributed by atoms with E-state index in [1.807, 2.05) is 18.2 Å². The molecule has 21 heavy (non-hydrogen) atoms. The summed E-state index contributed by atoms with van der Waals surface area (Å²) in [5.41, 5.74) is 6.76. The van der Waals surface area contributed by atoms with E-state index < -0.39 is 0 Å². The molecule has 7 heteroatoms. The van der Waals surface area contributed by atoms with E-state index >= 15 is 0 Å². The summed E-state index contributed by atoms with van der Waals surface area (Å²) in [6, 6.07) is 5.79. The predicted octanol–water partition coefficient (Wildman–Crippen LogP) is 1.03. The first-order valence-corrected chi connectivity index (χ1v) is 6.86. The van der Waals surface area contributed by atoms with Gasteiger partial charge in [0.05, 0.1) is 19.8 Å². The van der Waals surface area contributed by atoms with Crippen molar-refractivity contribution in [2.24, 2.45) is 5.73 Å². The zero-order valence-electron chi connectivity index (χ0n) is 12.2. The number of aromatic amines is 1. The number of H-pyrrole nitrogens is 1. The van der Waals surface area contributed by atoms with E-state index in [9.17, 15) is 0 Å². The van der Waals surface area contributed by atoms with Gasteiger partial charge in [-0.3, -0.25) is 5.10 Å². The number of ether oxygens (including phenoxy) is 2. The molecule has 3 rings (SSSR count). The highest BCUT2D eigenvalue weighted by Crippen LogP contribution is 2.32. The summed E-state index contributed by atoms with van der Waals surface area (Å²) in [5.74, 6) is 2.77. The number of anilines is 1. The second-order valence-corrected chi connectivity index (χ2v) is 5.05. The molecule has 1 aliphatic rings. The lowest BCUT2D eigenvalue weighted by atomic mass is 10.2. The van der Waals surface area contributed by atoms with E-state index in [0.29, 0.717) is 17.5 Å². The Kier molecular flexibility index (Phi) is 3.66. The van der Waals surface area contributed by atoms with Crippen LogP contribution in [0.3, 0.4) is 0 Å². The minimum Gasteiger partial charge on any atom is -0.497 e. The normalized spacial score (nSPS) is 18.0. The van der Waals surface area contributed by atoms with Gasteiger partial charge in [0, 0.05) is 25.2 Å². The predicted molar refractivity (Wildman–Crippen MR) is 79.7 cm³/mol. The quantitative estimate of drug-likeness (QED) is 0.873. The molecule has 1 atom stereocenters. The maximum Gasteiger partial charge on any atom is 0.245 e. The van der Waals surface area contributed by atoms with Gasteiger partial charge in [-0.2, -0.15) is 4.98 Å². The molecule has 112 valence electrons. The fraction of sp³-hybridized carbons (Fsp3) is 0.429. The number of nitrogens with two attached hydrogens (primary N) is 1. The van der Waals surface area contributed by atoms with E-state index in [4.69, 9.17) is 15.2 Å². The van der Waals surface area contributed by atoms with E-state index in [0.717, 1.165) is 30.8 Å². The molecule has 0 spiro atoms. The Labute approximate surface area is 123 Å². The second kappa shape index (κ2) is 5.61. The zero-order valence-corrected chi connectivity index (χ0v) is 12.2. The molecule has 3 N–H and O–H groups in total. The average Bonchev–Trinajstić information content (AvgIpc) is 3.15. The molecular weight excluding hydrogens is 270 g/mol. The topological polar surface area (TPSA) is 89.3 Å². The Hall–Kier alpha value is -2.28. The fourth-order valence-electron chi connectivity index (χ4n) is 2.48. The maximum absolute atomic E-state index is 5.92. The van der Waals surface area contributed by atoms with Gasteiger partial charge in [0.2, 0.25) is 5.95 Å². The zero-order chi connectivity index (χ0) is 14.8. The third-order valence-corrected chi connectivity index (χ3v) is 3.64. The van der Waals surface area contributed by atoms with E-state index in [2.05, 4.69) is 20.1 Å². The van der Waals surface area contributed by atoms with Crippen molar-refractivity contribution < 1.29 is 9.47 Å². The van der Waals surface area contributed by atoms with Crippen LogP contribution in [0.1, 0.15) is 6.42 Å². The van der Waals surface area contributed by atoms with Crippen LogP contribution in [0.5, 0.6) is 11.5 Å². The molecule has 1 saturated heterocycles. The van der Waals surface area contributed by atoms with Gasteiger partial charge in [-0.15, -0.1) is 5.10 Å². The number of benzene rings is 1. The van der Waals surface area contributed by atoms with Crippen molar-refractivity contribution in [2.75, 3.05) is 32.2 Å². The molecule has 2 heterocycles. The molecule has 1 unspecified atom stereocenters. The van der Waals surface area contributed by atoms with Gasteiger partial charge in [-0.1, -0.05) is 0 Å². The van der Waals surface area contributed by atoms with Gasteiger partial charge in [-0.25, -0.2) is 0 Å². The summed E-state index contributed by atoms with van der Waals surface area (Å²) >= 11 is 0. The number of nitrogens with zero attached hydrogens (tertiary/aromatic N) is 3. The molecule has 1 aromatic heterocycles. The Balaban J connectivity index is 1.89. The highest BCUT2D eigenvalue weighted by Gasteiger charge is 2.23. The van der Waals surface area contributed by atoms with Gasteiger partial charge in [0.15, 0.2) is 5.82 Å². The summed E-state index contributed by atoms with van der Waals surface area (Å²) in [7, 11) is 3.24. The Morgan fingerprint density at radius 3 is 2.86 bits per heavy atom. The van der Waals surface area contributed by atoms with Gasteiger partial charge in [0.1, 0.15) is 11.5 Å². The molecule has 2 aromatic rings. The van der Waals surface area contributed by atoms with Gasteiger partial charge in [-0.05, 0) is 18.6 Å². The molecule has 1 aromatic carbocycles. The fourth-order valence-corrected chi connectivity index (χ4v) is 2.48. The third-order valence-electron chi connectivity index (χ3n) is 3.64. The number of methoxy groups -OCH3 is 2. The molecule has 0 bridgehead atoms. The van der Waals surface area contributed by atoms with Crippen LogP contribution in [0.4, 0.5) is 5.95 Å². The number of rotatable bonds is 4. The number of aromatic nitrogens is 3. The summed E-state index contributed by atoms with van der Waals surface area (Å²) in [6.07, 6.45) is 0.968. The highest BCUT2D eigenvalue weighted by atomic mass is 16.5. The Morgan fingerprint density at radius 1 is 1.33 bits per heavy atom. The van der Waals surface area contributed by atoms with Crippen LogP contribution in [0.15, 0.2) is 18.2 Å². The van der Waals surface area contributed by atoms with Crippen LogP contribution in [-0.4, -0.2) is 48.5 Å². The largest absolute Gasteiger partial charge is 0.497 e. The van der Waals surface area contributed by atoms with Crippen molar-refractivity contribution in [3.8, 4) is 22.9 Å². The average molecular weight is 289 g/mol. The summed E-state index contributed by atoms with van der Waals surface area (Å²) < 4.78 is 10.6. The van der Waals surface area contributed by atoms with Crippen LogP contribution >= 0.6 is 0 Å². The smallest absolute Gasteiger partial charge is 0.245 e. The minimum atomic E-state index is 0.197. The van der Waals surface area contributed by atoms with Crippen molar-refractivity contribution in [1.82, 2.24) is 15.2 Å². The van der Waals surface area contributed by atoms with Crippen molar-refractivity contribution >= 4 is 5.95 Å². The maximum atomic E-state index is 5.92. The minimum absolute atomic E-state index is 0.197. The van der Waals surface area contributed by atoms with E-state index in [1.54, 1.807) is 14.2 Å². The van der Waals surface area contributed by atoms with Crippen LogP contribution in [0.25, 0.3) is 11.4 Å². The Morgan fingerprint density at radius 2 is 2.19 bits per heavy atom. The van der Waals surface area contributed by atoms with E-state index in [-0.39, 0.29) is 6.04 Å². The summed E-state index contributed by atoms with van der Waals surface area (Å²) in [6.45, 7) is 1.68. The molecule has 1 fully saturated rings. The Bertz CT molecular complexity index is 628. The molecule has 0 amide bonds. The molecule has 1 aliphatic heterocycles. The molecule has 0 aliphatic carbocycles. The van der Waals surface area contributed by atoms with Gasteiger partial charge >= 0.3 is 0 Å².